The fourth-order valence-corrected chi connectivity index (χ4v) is 5.29. The third-order valence-electron chi connectivity index (χ3n) is 4.15. The molecule has 0 atom stereocenters. The molecule has 3 aromatic rings. The van der Waals surface area contributed by atoms with Gasteiger partial charge in [-0.05, 0) is 42.8 Å². The maximum Gasteiger partial charge on any atom is 0.234 e. The lowest BCUT2D eigenvalue weighted by atomic mass is 10.2. The van der Waals surface area contributed by atoms with Gasteiger partial charge in [-0.2, -0.15) is 0 Å². The summed E-state index contributed by atoms with van der Waals surface area (Å²) >= 11 is 27.1. The highest BCUT2D eigenvalue weighted by molar-refractivity contribution is 7.99. The van der Waals surface area contributed by atoms with Crippen molar-refractivity contribution >= 4 is 81.5 Å². The number of amides is 1. The Morgan fingerprint density at radius 3 is 2.52 bits per heavy atom. The molecule has 31 heavy (non-hydrogen) atoms. The number of aromatic nitrogens is 3. The Morgan fingerprint density at radius 1 is 1.00 bits per heavy atom. The van der Waals surface area contributed by atoms with E-state index in [1.165, 1.54) is 11.8 Å². The van der Waals surface area contributed by atoms with Crippen molar-refractivity contribution in [3.63, 3.8) is 0 Å². The van der Waals surface area contributed by atoms with Gasteiger partial charge in [-0.1, -0.05) is 64.2 Å². The smallest absolute Gasteiger partial charge is 0.234 e. The molecule has 1 N–H and O–H groups in total. The molecule has 0 bridgehead atoms. The molecule has 1 heterocycles. The van der Waals surface area contributed by atoms with Gasteiger partial charge in [0.15, 0.2) is 5.16 Å². The fourth-order valence-electron chi connectivity index (χ4n) is 2.64. The van der Waals surface area contributed by atoms with Crippen LogP contribution in [0.2, 0.25) is 20.1 Å². The minimum absolute atomic E-state index is 0.164. The molecule has 0 fully saturated rings. The highest BCUT2D eigenvalue weighted by atomic mass is 35.5. The normalized spacial score (nSPS) is 11.0. The van der Waals surface area contributed by atoms with E-state index in [9.17, 15) is 4.79 Å². The molecule has 1 aromatic heterocycles. The highest BCUT2D eigenvalue weighted by Gasteiger charge is 2.14. The van der Waals surface area contributed by atoms with Crippen molar-refractivity contribution in [1.29, 1.82) is 0 Å². The topological polar surface area (TPSA) is 59.8 Å². The van der Waals surface area contributed by atoms with Gasteiger partial charge < -0.3 is 9.88 Å². The van der Waals surface area contributed by atoms with Crippen molar-refractivity contribution in [2.24, 2.45) is 0 Å². The van der Waals surface area contributed by atoms with Gasteiger partial charge in [-0.3, -0.25) is 4.79 Å². The van der Waals surface area contributed by atoms with E-state index in [1.54, 1.807) is 36.0 Å². The van der Waals surface area contributed by atoms with E-state index in [2.05, 4.69) is 15.5 Å². The van der Waals surface area contributed by atoms with Crippen LogP contribution in [0.15, 0.2) is 41.6 Å². The van der Waals surface area contributed by atoms with Crippen molar-refractivity contribution in [2.45, 2.75) is 30.1 Å². The first kappa shape index (κ1) is 24.6. The van der Waals surface area contributed by atoms with E-state index in [0.29, 0.717) is 43.2 Å². The molecule has 0 aliphatic rings. The molecule has 3 rings (SSSR count). The number of benzene rings is 2. The van der Waals surface area contributed by atoms with Gasteiger partial charge in [0, 0.05) is 28.0 Å². The Bertz CT molecular complexity index is 1080. The summed E-state index contributed by atoms with van der Waals surface area (Å²) in [6.07, 6.45) is 0. The number of anilines is 1. The van der Waals surface area contributed by atoms with E-state index in [1.807, 2.05) is 23.6 Å². The second-order valence-electron chi connectivity index (χ2n) is 6.34. The largest absolute Gasteiger partial charge is 0.325 e. The molecule has 164 valence electrons. The number of thioether (sulfide) groups is 2. The summed E-state index contributed by atoms with van der Waals surface area (Å²) in [7, 11) is 0. The van der Waals surface area contributed by atoms with Gasteiger partial charge in [0.25, 0.3) is 0 Å². The predicted molar refractivity (Wildman–Crippen MR) is 133 cm³/mol. The zero-order chi connectivity index (χ0) is 22.4. The summed E-state index contributed by atoms with van der Waals surface area (Å²) in [6.45, 7) is 2.73. The van der Waals surface area contributed by atoms with E-state index in [4.69, 9.17) is 46.4 Å². The molecule has 0 radical (unpaired) electrons. The second-order valence-corrected chi connectivity index (χ2v) is 9.92. The Hall–Kier alpha value is -1.09. The van der Waals surface area contributed by atoms with Crippen LogP contribution in [0.5, 0.6) is 0 Å². The third-order valence-corrected chi connectivity index (χ3v) is 7.42. The number of halogens is 4. The van der Waals surface area contributed by atoms with Crippen LogP contribution in [-0.2, 0) is 22.8 Å². The molecule has 5 nitrogen and oxygen atoms in total. The van der Waals surface area contributed by atoms with E-state index >= 15 is 0 Å². The van der Waals surface area contributed by atoms with Crippen LogP contribution in [0, 0.1) is 0 Å². The highest BCUT2D eigenvalue weighted by Crippen LogP contribution is 2.28. The molecular formula is C20H18Cl4N4OS2. The molecule has 1 amide bonds. The Kier molecular flexibility index (Phi) is 9.25. The van der Waals surface area contributed by atoms with Gasteiger partial charge in [-0.15, -0.1) is 22.0 Å². The maximum absolute atomic E-state index is 12.3. The minimum atomic E-state index is -0.164. The number of nitrogens with one attached hydrogen (secondary N) is 1. The summed E-state index contributed by atoms with van der Waals surface area (Å²) in [5.74, 6) is 2.30. The second kappa shape index (κ2) is 11.7. The molecule has 11 heteroatoms. The molecule has 0 spiro atoms. The number of rotatable bonds is 9. The van der Waals surface area contributed by atoms with Crippen molar-refractivity contribution in [3.05, 3.63) is 67.9 Å². The maximum atomic E-state index is 12.3. The van der Waals surface area contributed by atoms with Crippen LogP contribution in [0.4, 0.5) is 5.69 Å². The summed E-state index contributed by atoms with van der Waals surface area (Å²) in [5, 5.41) is 14.1. The van der Waals surface area contributed by atoms with E-state index in [0.717, 1.165) is 17.1 Å². The van der Waals surface area contributed by atoms with E-state index < -0.39 is 0 Å². The Balaban J connectivity index is 1.54. The van der Waals surface area contributed by atoms with Gasteiger partial charge in [0.2, 0.25) is 5.91 Å². The first-order valence-corrected chi connectivity index (χ1v) is 12.8. The van der Waals surface area contributed by atoms with Gasteiger partial charge >= 0.3 is 0 Å². The van der Waals surface area contributed by atoms with Gasteiger partial charge in [0.05, 0.1) is 21.6 Å². The third kappa shape index (κ3) is 6.94. The number of nitrogens with zero attached hydrogens (tertiary/aromatic N) is 3. The van der Waals surface area contributed by atoms with Crippen LogP contribution in [0.1, 0.15) is 18.3 Å². The van der Waals surface area contributed by atoms with Crippen molar-refractivity contribution in [1.82, 2.24) is 14.8 Å². The molecule has 0 saturated carbocycles. The van der Waals surface area contributed by atoms with E-state index in [-0.39, 0.29) is 11.7 Å². The van der Waals surface area contributed by atoms with Crippen LogP contribution in [-0.4, -0.2) is 26.4 Å². The first-order chi connectivity index (χ1) is 14.9. The fraction of sp³-hybridized carbons (Fsp3) is 0.250. The SMILES string of the molecule is CCn1c(CSCc2ccc(Cl)cc2Cl)nnc1SCC(=O)Nc1ccc(Cl)c(Cl)c1. The summed E-state index contributed by atoms with van der Waals surface area (Å²) in [5.41, 5.74) is 1.61. The lowest BCUT2D eigenvalue weighted by Crippen LogP contribution is -2.14. The first-order valence-electron chi connectivity index (χ1n) is 9.18. The number of carbonyl (C=O) groups excluding carboxylic acids is 1. The number of carbonyl (C=O) groups is 1. The Morgan fingerprint density at radius 2 is 1.81 bits per heavy atom. The summed E-state index contributed by atoms with van der Waals surface area (Å²) in [4.78, 5) is 12.3. The molecule has 2 aromatic carbocycles. The average molecular weight is 536 g/mol. The van der Waals surface area contributed by atoms with Crippen molar-refractivity contribution in [3.8, 4) is 0 Å². The number of hydrogen-bond donors (Lipinski definition) is 1. The zero-order valence-corrected chi connectivity index (χ0v) is 21.0. The molecule has 0 unspecified atom stereocenters. The molecule has 0 aliphatic carbocycles. The van der Waals surface area contributed by atoms with Gasteiger partial charge in [-0.25, -0.2) is 0 Å². The van der Waals surface area contributed by atoms with Crippen LogP contribution < -0.4 is 5.32 Å². The number of hydrogen-bond acceptors (Lipinski definition) is 5. The van der Waals surface area contributed by atoms with Crippen molar-refractivity contribution in [2.75, 3.05) is 11.1 Å². The monoisotopic (exact) mass is 534 g/mol. The van der Waals surface area contributed by atoms with Crippen LogP contribution in [0.25, 0.3) is 0 Å². The molecular weight excluding hydrogens is 518 g/mol. The molecule has 0 aliphatic heterocycles. The lowest BCUT2D eigenvalue weighted by Gasteiger charge is -2.09. The lowest BCUT2D eigenvalue weighted by molar-refractivity contribution is -0.113. The molecule has 0 saturated heterocycles. The van der Waals surface area contributed by atoms with Gasteiger partial charge in [0.1, 0.15) is 5.82 Å². The van der Waals surface area contributed by atoms with Crippen LogP contribution in [0.3, 0.4) is 0 Å². The quantitative estimate of drug-likeness (QED) is 0.297. The minimum Gasteiger partial charge on any atom is -0.325 e. The van der Waals surface area contributed by atoms with Crippen molar-refractivity contribution < 1.29 is 4.79 Å². The average Bonchev–Trinajstić information content (AvgIpc) is 3.12. The zero-order valence-electron chi connectivity index (χ0n) is 16.4. The Labute approximate surface area is 209 Å². The standard InChI is InChI=1S/C20H18Cl4N4OS2/c1-2-28-18(10-30-9-12-3-4-13(21)7-16(12)23)26-27-20(28)31-11-19(29)25-14-5-6-15(22)17(24)8-14/h3-8H,2,9-11H2,1H3,(H,25,29). The summed E-state index contributed by atoms with van der Waals surface area (Å²) in [6, 6.07) is 10.5. The van der Waals surface area contributed by atoms with Crippen LogP contribution >= 0.6 is 69.9 Å². The predicted octanol–water partition coefficient (Wildman–Crippen LogP) is 7.08. The summed E-state index contributed by atoms with van der Waals surface area (Å²) < 4.78 is 2.01.